The van der Waals surface area contributed by atoms with E-state index >= 15 is 0 Å². The average molecular weight is 439 g/mol. The van der Waals surface area contributed by atoms with Crippen LogP contribution in [0, 0.1) is 6.92 Å². The van der Waals surface area contributed by atoms with Gasteiger partial charge < -0.3 is 10.1 Å². The number of ether oxygens (including phenoxy) is 1. The van der Waals surface area contributed by atoms with Crippen molar-refractivity contribution >= 4 is 21.6 Å². The van der Waals surface area contributed by atoms with Crippen molar-refractivity contribution in [2.75, 3.05) is 18.5 Å². The van der Waals surface area contributed by atoms with E-state index in [1.54, 1.807) is 37.3 Å². The Morgan fingerprint density at radius 1 is 1.00 bits per heavy atom. The number of carbonyl (C=O) groups is 1. The SMILES string of the molecule is COc1ccc(S(=O)(=O)N(C)c2ccc(C(=O)N[C@@H](C)c3ccccc3)cc2C)cc1. The molecule has 0 spiro atoms. The predicted molar refractivity (Wildman–Crippen MR) is 122 cm³/mol. The van der Waals surface area contributed by atoms with Crippen LogP contribution in [0.5, 0.6) is 5.75 Å². The van der Waals surface area contributed by atoms with E-state index in [4.69, 9.17) is 4.74 Å². The van der Waals surface area contributed by atoms with Gasteiger partial charge in [-0.1, -0.05) is 30.3 Å². The molecule has 0 aromatic heterocycles. The number of nitrogens with one attached hydrogen (secondary N) is 1. The lowest BCUT2D eigenvalue weighted by Gasteiger charge is -2.22. The van der Waals surface area contributed by atoms with Crippen LogP contribution < -0.4 is 14.4 Å². The molecule has 0 fully saturated rings. The van der Waals surface area contributed by atoms with Crippen molar-refractivity contribution in [3.05, 3.63) is 89.5 Å². The summed E-state index contributed by atoms with van der Waals surface area (Å²) in [5.74, 6) is 0.365. The van der Waals surface area contributed by atoms with Crippen molar-refractivity contribution in [3.63, 3.8) is 0 Å². The average Bonchev–Trinajstić information content (AvgIpc) is 2.79. The lowest BCUT2D eigenvalue weighted by molar-refractivity contribution is 0.0940. The summed E-state index contributed by atoms with van der Waals surface area (Å²) in [5, 5.41) is 2.97. The maximum Gasteiger partial charge on any atom is 0.264 e. The minimum Gasteiger partial charge on any atom is -0.497 e. The second-order valence-corrected chi connectivity index (χ2v) is 9.22. The van der Waals surface area contributed by atoms with Crippen molar-refractivity contribution in [1.29, 1.82) is 0 Å². The first-order valence-corrected chi connectivity index (χ1v) is 11.3. The standard InChI is InChI=1S/C24H26N2O4S/c1-17-16-20(24(27)25-18(2)19-8-6-5-7-9-19)10-15-23(17)26(3)31(28,29)22-13-11-21(30-4)12-14-22/h5-16,18H,1-4H3,(H,25,27)/t18-/m0/s1. The number of methoxy groups -OCH3 is 1. The number of benzene rings is 3. The third-order valence-electron chi connectivity index (χ3n) is 5.16. The van der Waals surface area contributed by atoms with Gasteiger partial charge in [0, 0.05) is 12.6 Å². The van der Waals surface area contributed by atoms with E-state index in [0.717, 1.165) is 5.56 Å². The van der Waals surface area contributed by atoms with Crippen molar-refractivity contribution in [2.24, 2.45) is 0 Å². The fourth-order valence-electron chi connectivity index (χ4n) is 3.29. The summed E-state index contributed by atoms with van der Waals surface area (Å²) >= 11 is 0. The molecule has 0 saturated carbocycles. The number of aryl methyl sites for hydroxylation is 1. The Bertz CT molecular complexity index is 1160. The zero-order valence-corrected chi connectivity index (χ0v) is 18.8. The third-order valence-corrected chi connectivity index (χ3v) is 6.95. The first-order valence-electron chi connectivity index (χ1n) is 9.83. The van der Waals surface area contributed by atoms with Gasteiger partial charge in [-0.2, -0.15) is 0 Å². The molecule has 3 aromatic rings. The van der Waals surface area contributed by atoms with Gasteiger partial charge in [-0.15, -0.1) is 0 Å². The van der Waals surface area contributed by atoms with Crippen LogP contribution in [-0.2, 0) is 10.0 Å². The molecular formula is C24H26N2O4S. The summed E-state index contributed by atoms with van der Waals surface area (Å²) in [6, 6.07) is 20.8. The molecule has 1 amide bonds. The Labute approximate surface area is 183 Å². The van der Waals surface area contributed by atoms with Crippen molar-refractivity contribution in [3.8, 4) is 5.75 Å². The van der Waals surface area contributed by atoms with Crippen LogP contribution in [0.3, 0.4) is 0 Å². The fourth-order valence-corrected chi connectivity index (χ4v) is 4.55. The number of amides is 1. The Balaban J connectivity index is 1.80. The minimum absolute atomic E-state index is 0.146. The summed E-state index contributed by atoms with van der Waals surface area (Å²) in [4.78, 5) is 12.8. The van der Waals surface area contributed by atoms with Gasteiger partial charge in [0.2, 0.25) is 0 Å². The lowest BCUT2D eigenvalue weighted by Crippen LogP contribution is -2.28. The Morgan fingerprint density at radius 2 is 1.65 bits per heavy atom. The highest BCUT2D eigenvalue weighted by molar-refractivity contribution is 7.92. The molecule has 7 heteroatoms. The molecule has 0 aliphatic heterocycles. The fraction of sp³-hybridized carbons (Fsp3) is 0.208. The molecule has 0 unspecified atom stereocenters. The van der Waals surface area contributed by atoms with Gasteiger partial charge in [0.05, 0.1) is 23.7 Å². The van der Waals surface area contributed by atoms with Gasteiger partial charge in [0.1, 0.15) is 5.75 Å². The van der Waals surface area contributed by atoms with Crippen molar-refractivity contribution in [2.45, 2.75) is 24.8 Å². The number of hydrogen-bond acceptors (Lipinski definition) is 4. The smallest absolute Gasteiger partial charge is 0.264 e. The maximum absolute atomic E-state index is 13.0. The molecule has 1 N–H and O–H groups in total. The molecule has 3 rings (SSSR count). The molecule has 0 aliphatic rings. The van der Waals surface area contributed by atoms with Gasteiger partial charge in [-0.05, 0) is 67.4 Å². The molecule has 0 bridgehead atoms. The number of anilines is 1. The van der Waals surface area contributed by atoms with Crippen molar-refractivity contribution in [1.82, 2.24) is 5.32 Å². The monoisotopic (exact) mass is 438 g/mol. The molecule has 0 radical (unpaired) electrons. The van der Waals surface area contributed by atoms with Gasteiger partial charge in [0.15, 0.2) is 0 Å². The van der Waals surface area contributed by atoms with Crippen LogP contribution in [0.15, 0.2) is 77.7 Å². The Kier molecular flexibility index (Phi) is 6.65. The topological polar surface area (TPSA) is 75.7 Å². The first kappa shape index (κ1) is 22.4. The number of rotatable bonds is 7. The molecule has 1 atom stereocenters. The van der Waals surface area contributed by atoms with E-state index in [1.165, 1.54) is 30.6 Å². The normalized spacial score (nSPS) is 12.1. The summed E-state index contributed by atoms with van der Waals surface area (Å²) in [6.45, 7) is 3.70. The van der Waals surface area contributed by atoms with Crippen LogP contribution in [0.2, 0.25) is 0 Å². The van der Waals surface area contributed by atoms with Gasteiger partial charge >= 0.3 is 0 Å². The van der Waals surface area contributed by atoms with E-state index < -0.39 is 10.0 Å². The summed E-state index contributed by atoms with van der Waals surface area (Å²) < 4.78 is 32.3. The van der Waals surface area contributed by atoms with Crippen LogP contribution in [-0.4, -0.2) is 28.5 Å². The second-order valence-electron chi connectivity index (χ2n) is 7.26. The van der Waals surface area contributed by atoms with E-state index in [-0.39, 0.29) is 16.8 Å². The van der Waals surface area contributed by atoms with Gasteiger partial charge in [-0.25, -0.2) is 8.42 Å². The first-order chi connectivity index (χ1) is 14.7. The second kappa shape index (κ2) is 9.22. The highest BCUT2D eigenvalue weighted by Gasteiger charge is 2.23. The largest absolute Gasteiger partial charge is 0.497 e. The molecular weight excluding hydrogens is 412 g/mol. The number of nitrogens with zero attached hydrogens (tertiary/aromatic N) is 1. The molecule has 6 nitrogen and oxygen atoms in total. The highest BCUT2D eigenvalue weighted by atomic mass is 32.2. The lowest BCUT2D eigenvalue weighted by atomic mass is 10.1. The van der Waals surface area contributed by atoms with Crippen molar-refractivity contribution < 1.29 is 17.9 Å². The molecule has 0 saturated heterocycles. The Morgan fingerprint density at radius 3 is 2.23 bits per heavy atom. The number of hydrogen-bond donors (Lipinski definition) is 1. The Hall–Kier alpha value is -3.32. The van der Waals surface area contributed by atoms with E-state index in [1.807, 2.05) is 37.3 Å². The summed E-state index contributed by atoms with van der Waals surface area (Å²) in [6.07, 6.45) is 0. The van der Waals surface area contributed by atoms with Crippen LogP contribution in [0.4, 0.5) is 5.69 Å². The van der Waals surface area contributed by atoms with Crippen LogP contribution in [0.1, 0.15) is 34.5 Å². The van der Waals surface area contributed by atoms with E-state index in [0.29, 0.717) is 22.6 Å². The molecule has 3 aromatic carbocycles. The predicted octanol–water partition coefficient (Wildman–Crippen LogP) is 4.32. The van der Waals surface area contributed by atoms with E-state index in [2.05, 4.69) is 5.32 Å². The van der Waals surface area contributed by atoms with Gasteiger partial charge in [0.25, 0.3) is 15.9 Å². The molecule has 162 valence electrons. The maximum atomic E-state index is 13.0. The highest BCUT2D eigenvalue weighted by Crippen LogP contribution is 2.27. The molecule has 31 heavy (non-hydrogen) atoms. The quantitative estimate of drug-likeness (QED) is 0.596. The van der Waals surface area contributed by atoms with Gasteiger partial charge in [-0.3, -0.25) is 9.10 Å². The van der Waals surface area contributed by atoms with E-state index in [9.17, 15) is 13.2 Å². The number of sulfonamides is 1. The zero-order chi connectivity index (χ0) is 22.6. The third kappa shape index (κ3) is 4.88. The minimum atomic E-state index is -3.75. The van der Waals surface area contributed by atoms with Crippen LogP contribution >= 0.6 is 0 Å². The summed E-state index contributed by atoms with van der Waals surface area (Å²) in [5.41, 5.74) is 2.66. The number of carbonyl (C=O) groups excluding carboxylic acids is 1. The molecule has 0 aliphatic carbocycles. The molecule has 0 heterocycles. The van der Waals surface area contributed by atoms with Crippen LogP contribution in [0.25, 0.3) is 0 Å². The summed E-state index contributed by atoms with van der Waals surface area (Å²) in [7, 11) is -0.726. The zero-order valence-electron chi connectivity index (χ0n) is 18.0.